The first-order chi connectivity index (χ1) is 17.5. The van der Waals surface area contributed by atoms with Crippen molar-refractivity contribution in [2.45, 2.75) is 44.8 Å². The number of rotatable bonds is 7. The summed E-state index contributed by atoms with van der Waals surface area (Å²) < 4.78 is 64.2. The van der Waals surface area contributed by atoms with Crippen LogP contribution in [0.4, 0.5) is 22.0 Å². The summed E-state index contributed by atoms with van der Waals surface area (Å²) in [5, 5.41) is 10.0. The predicted molar refractivity (Wildman–Crippen MR) is 130 cm³/mol. The Morgan fingerprint density at radius 1 is 1.16 bits per heavy atom. The Balaban J connectivity index is 1.50. The van der Waals surface area contributed by atoms with E-state index in [2.05, 4.69) is 20.5 Å². The van der Waals surface area contributed by atoms with E-state index < -0.39 is 24.4 Å². The molecule has 2 aromatic heterocycles. The highest BCUT2D eigenvalue weighted by atomic mass is 19.4. The summed E-state index contributed by atoms with van der Waals surface area (Å²) in [7, 11) is 0. The number of hydrogen-bond donors (Lipinski definition) is 2. The molecule has 1 amide bonds. The number of fused-ring (bicyclic) bond motifs is 1. The van der Waals surface area contributed by atoms with Gasteiger partial charge in [-0.25, -0.2) is 8.78 Å². The van der Waals surface area contributed by atoms with Crippen molar-refractivity contribution in [3.8, 4) is 11.1 Å². The summed E-state index contributed by atoms with van der Waals surface area (Å²) in [5.41, 5.74) is 3.38. The second-order valence-electron chi connectivity index (χ2n) is 8.97. The lowest BCUT2D eigenvalue weighted by Crippen LogP contribution is -2.38. The number of alkyl halides is 5. The highest BCUT2D eigenvalue weighted by Gasteiger charge is 2.33. The van der Waals surface area contributed by atoms with Gasteiger partial charge in [-0.3, -0.25) is 19.8 Å². The number of pyridine rings is 1. The van der Waals surface area contributed by atoms with Crippen molar-refractivity contribution in [1.29, 1.82) is 0 Å². The Hall–Kier alpha value is -3.60. The molecule has 0 spiro atoms. The van der Waals surface area contributed by atoms with Gasteiger partial charge in [0.25, 0.3) is 11.8 Å². The lowest BCUT2D eigenvalue weighted by Gasteiger charge is -2.31. The normalized spacial score (nSPS) is 17.0. The first-order valence-corrected chi connectivity index (χ1v) is 11.8. The lowest BCUT2D eigenvalue weighted by molar-refractivity contribution is -0.125. The summed E-state index contributed by atoms with van der Waals surface area (Å²) in [6.07, 6.45) is 1.26. The summed E-state index contributed by atoms with van der Waals surface area (Å²) >= 11 is 0. The first kappa shape index (κ1) is 26.5. The Kier molecular flexibility index (Phi) is 7.72. The van der Waals surface area contributed by atoms with Crippen molar-refractivity contribution in [2.24, 2.45) is 0 Å². The number of likely N-dealkylation sites (tertiary alicyclic amines) is 1. The smallest absolute Gasteiger partial charge is 0.321 e. The van der Waals surface area contributed by atoms with Crippen LogP contribution in [0.1, 0.15) is 42.2 Å². The number of piperidine rings is 1. The molecule has 196 valence electrons. The third-order valence-electron chi connectivity index (χ3n) is 6.12. The molecule has 1 saturated heterocycles. The lowest BCUT2D eigenvalue weighted by atomic mass is 10.0. The van der Waals surface area contributed by atoms with Gasteiger partial charge in [0.2, 0.25) is 0 Å². The number of carbonyl (C=O) groups excluding carboxylic acids is 1. The third kappa shape index (κ3) is 7.00. The van der Waals surface area contributed by atoms with Gasteiger partial charge >= 0.3 is 6.18 Å². The Bertz CT molecular complexity index is 1320. The zero-order valence-corrected chi connectivity index (χ0v) is 20.1. The van der Waals surface area contributed by atoms with Gasteiger partial charge in [0.05, 0.1) is 11.9 Å². The van der Waals surface area contributed by atoms with Crippen LogP contribution in [-0.2, 0) is 6.54 Å². The molecule has 6 nitrogen and oxygen atoms in total. The maximum absolute atomic E-state index is 13.5. The van der Waals surface area contributed by atoms with Crippen LogP contribution in [0.2, 0.25) is 0 Å². The van der Waals surface area contributed by atoms with E-state index in [1.54, 1.807) is 31.5 Å². The van der Waals surface area contributed by atoms with Crippen LogP contribution in [0.3, 0.4) is 0 Å². The Labute approximate surface area is 210 Å². The van der Waals surface area contributed by atoms with E-state index in [1.807, 2.05) is 17.0 Å². The number of aromatic nitrogens is 3. The van der Waals surface area contributed by atoms with Crippen LogP contribution in [0, 0.1) is 0 Å². The molecule has 1 aromatic carbocycles. The molecule has 37 heavy (non-hydrogen) atoms. The Morgan fingerprint density at radius 2 is 1.92 bits per heavy atom. The van der Waals surface area contributed by atoms with Crippen LogP contribution in [0.15, 0.2) is 60.6 Å². The number of H-pyrrole nitrogens is 1. The van der Waals surface area contributed by atoms with Crippen molar-refractivity contribution >= 4 is 16.8 Å². The van der Waals surface area contributed by atoms with Crippen molar-refractivity contribution in [3.63, 3.8) is 0 Å². The number of halogens is 5. The first-order valence-electron chi connectivity index (χ1n) is 11.8. The molecule has 3 heterocycles. The van der Waals surface area contributed by atoms with Gasteiger partial charge in [0.1, 0.15) is 0 Å². The van der Waals surface area contributed by atoms with Crippen LogP contribution in [0.25, 0.3) is 22.0 Å². The maximum atomic E-state index is 13.5. The average Bonchev–Trinajstić information content (AvgIpc) is 3.27. The molecule has 0 bridgehead atoms. The number of hydrogen-bond acceptors (Lipinski definition) is 4. The number of nitrogens with zero attached hydrogens (tertiary/aromatic N) is 3. The van der Waals surface area contributed by atoms with E-state index in [-0.39, 0.29) is 24.2 Å². The third-order valence-corrected chi connectivity index (χ3v) is 6.12. The number of allylic oxidation sites excluding steroid dienone is 3. The van der Waals surface area contributed by atoms with E-state index in [0.29, 0.717) is 30.5 Å². The van der Waals surface area contributed by atoms with Gasteiger partial charge < -0.3 is 5.32 Å². The zero-order valence-electron chi connectivity index (χ0n) is 20.1. The molecule has 4 rings (SSSR count). The van der Waals surface area contributed by atoms with Crippen molar-refractivity contribution in [3.05, 3.63) is 71.8 Å². The number of carbonyl (C=O) groups is 1. The molecule has 2 N–H and O–H groups in total. The van der Waals surface area contributed by atoms with E-state index >= 15 is 0 Å². The molecule has 0 atom stereocenters. The quantitative estimate of drug-likeness (QED) is 0.297. The number of aromatic amines is 1. The molecule has 1 fully saturated rings. The molecule has 0 unspecified atom stereocenters. The fraction of sp³-hybridized carbons (Fsp3) is 0.346. The Morgan fingerprint density at radius 3 is 2.62 bits per heavy atom. The number of nitrogens with one attached hydrogen (secondary N) is 2. The highest BCUT2D eigenvalue weighted by Crippen LogP contribution is 2.29. The van der Waals surface area contributed by atoms with Crippen LogP contribution < -0.4 is 5.32 Å². The zero-order chi connectivity index (χ0) is 26.6. The van der Waals surface area contributed by atoms with Gasteiger partial charge in [0.15, 0.2) is 5.69 Å². The van der Waals surface area contributed by atoms with Gasteiger partial charge in [-0.15, -0.1) is 0 Å². The molecule has 0 aliphatic carbocycles. The van der Waals surface area contributed by atoms with Gasteiger partial charge in [-0.2, -0.15) is 18.3 Å². The summed E-state index contributed by atoms with van der Waals surface area (Å²) in [5.74, 6) is -3.17. The van der Waals surface area contributed by atoms with E-state index in [0.717, 1.165) is 22.8 Å². The largest absolute Gasteiger partial charge is 0.392 e. The molecular weight excluding hydrogens is 493 g/mol. The van der Waals surface area contributed by atoms with E-state index in [9.17, 15) is 26.7 Å². The van der Waals surface area contributed by atoms with Gasteiger partial charge in [-0.05, 0) is 42.3 Å². The summed E-state index contributed by atoms with van der Waals surface area (Å²) in [6, 6.07) is 7.34. The van der Waals surface area contributed by atoms with Crippen LogP contribution in [0.5, 0.6) is 0 Å². The van der Waals surface area contributed by atoms with E-state index in [4.69, 9.17) is 0 Å². The molecule has 1 aliphatic heterocycles. The summed E-state index contributed by atoms with van der Waals surface area (Å²) in [4.78, 5) is 19.1. The van der Waals surface area contributed by atoms with E-state index in [1.165, 1.54) is 12.2 Å². The van der Waals surface area contributed by atoms with Crippen LogP contribution >= 0.6 is 0 Å². The predicted octanol–water partition coefficient (Wildman–Crippen LogP) is 6.00. The molecule has 11 heteroatoms. The van der Waals surface area contributed by atoms with Crippen molar-refractivity contribution < 1.29 is 26.7 Å². The summed E-state index contributed by atoms with van der Waals surface area (Å²) in [6.45, 7) is 2.74. The van der Waals surface area contributed by atoms with Crippen molar-refractivity contribution in [2.75, 3.05) is 13.1 Å². The van der Waals surface area contributed by atoms with Gasteiger partial charge in [-0.1, -0.05) is 18.2 Å². The molecule has 0 radical (unpaired) electrons. The average molecular weight is 520 g/mol. The standard InChI is InChI=1S/C26H26F5N5O/c1-2-20(4-3-7-26(29,30)31)33-24(37)23-21-13-18(5-6-22(21)34-35-23)19-12-17(14-32-15-19)16-36-10-8-25(27,28)9-11-36/h2-6,12-15H,7-11,16H2,1H3,(H,33,37)(H,34,35)/b4-3-,20-2+. The fourth-order valence-corrected chi connectivity index (χ4v) is 4.11. The SMILES string of the molecule is C/C=C(\C=C/CC(F)(F)F)NC(=O)c1n[nH]c2ccc(-c3cncc(CN4CCC(F)(F)CC4)c3)cc12. The maximum Gasteiger partial charge on any atom is 0.392 e. The number of amides is 1. The molecular formula is C26H26F5N5O. The van der Waals surface area contributed by atoms with Crippen molar-refractivity contribution in [1.82, 2.24) is 25.4 Å². The topological polar surface area (TPSA) is 73.9 Å². The fourth-order valence-electron chi connectivity index (χ4n) is 4.11. The minimum atomic E-state index is -4.33. The molecule has 1 aliphatic rings. The minimum absolute atomic E-state index is 0.0961. The second-order valence-corrected chi connectivity index (χ2v) is 8.97. The second kappa shape index (κ2) is 10.8. The van der Waals surface area contributed by atoms with Crippen LogP contribution in [-0.4, -0.2) is 51.2 Å². The highest BCUT2D eigenvalue weighted by molar-refractivity contribution is 6.06. The molecule has 0 saturated carbocycles. The number of benzene rings is 1. The van der Waals surface area contributed by atoms with Gasteiger partial charge in [0, 0.05) is 61.5 Å². The monoisotopic (exact) mass is 519 g/mol. The molecule has 3 aromatic rings. The minimum Gasteiger partial charge on any atom is -0.321 e.